The van der Waals surface area contributed by atoms with Crippen LogP contribution in [0.3, 0.4) is 0 Å². The van der Waals surface area contributed by atoms with Crippen molar-refractivity contribution in [2.75, 3.05) is 25.1 Å². The summed E-state index contributed by atoms with van der Waals surface area (Å²) in [6, 6.07) is 3.63. The number of nitrogens with one attached hydrogen (secondary N) is 2. The fraction of sp³-hybridized carbons (Fsp3) is 0.500. The highest BCUT2D eigenvalue weighted by Crippen LogP contribution is 2.38. The fourth-order valence-electron chi connectivity index (χ4n) is 2.51. The number of rotatable bonds is 2. The van der Waals surface area contributed by atoms with Crippen LogP contribution in [0.5, 0.6) is 11.5 Å². The number of halogens is 1. The maximum absolute atomic E-state index is 12.4. The fourth-order valence-corrected chi connectivity index (χ4v) is 2.93. The van der Waals surface area contributed by atoms with Gasteiger partial charge in [0.05, 0.1) is 11.2 Å². The smallest absolute Gasteiger partial charge is 0.244 e. The van der Waals surface area contributed by atoms with E-state index in [9.17, 15) is 4.79 Å². The van der Waals surface area contributed by atoms with E-state index < -0.39 is 5.54 Å². The molecule has 1 atom stereocenters. The molecule has 6 heteroatoms. The minimum Gasteiger partial charge on any atom is -0.486 e. The molecular weight excluding hydrogens is 324 g/mol. The Labute approximate surface area is 126 Å². The molecule has 0 spiro atoms. The number of ether oxygens (including phenoxy) is 2. The average Bonchev–Trinajstić information content (AvgIpc) is 2.88. The van der Waals surface area contributed by atoms with E-state index >= 15 is 0 Å². The largest absolute Gasteiger partial charge is 0.486 e. The van der Waals surface area contributed by atoms with Gasteiger partial charge in [0.2, 0.25) is 5.91 Å². The third-order valence-corrected chi connectivity index (χ3v) is 4.41. The summed E-state index contributed by atoms with van der Waals surface area (Å²) in [4.78, 5) is 12.4. The van der Waals surface area contributed by atoms with Gasteiger partial charge in [0.1, 0.15) is 13.2 Å². The van der Waals surface area contributed by atoms with E-state index in [0.717, 1.165) is 23.9 Å². The van der Waals surface area contributed by atoms with Crippen LogP contribution in [0, 0.1) is 0 Å². The third kappa shape index (κ3) is 2.50. The lowest BCUT2D eigenvalue weighted by molar-refractivity contribution is -0.121. The van der Waals surface area contributed by atoms with E-state index in [4.69, 9.17) is 9.47 Å². The molecular formula is C14H17BrN2O3. The van der Waals surface area contributed by atoms with E-state index in [2.05, 4.69) is 26.6 Å². The molecule has 0 aliphatic carbocycles. The molecule has 108 valence electrons. The summed E-state index contributed by atoms with van der Waals surface area (Å²) < 4.78 is 11.8. The summed E-state index contributed by atoms with van der Waals surface area (Å²) in [6.07, 6.45) is 1.87. The second-order valence-corrected chi connectivity index (χ2v) is 6.15. The standard InChI is InChI=1S/C14H17BrN2O3/c1-14(3-2-4-16-14)13(18)17-10-8-12-11(7-9(10)15)19-5-6-20-12/h7-8,16H,2-6H2,1H3,(H,17,18). The number of carbonyl (C=O) groups excluding carboxylic acids is 1. The molecule has 2 aliphatic rings. The number of hydrogen-bond acceptors (Lipinski definition) is 4. The van der Waals surface area contributed by atoms with Crippen molar-refractivity contribution in [1.29, 1.82) is 0 Å². The van der Waals surface area contributed by atoms with Crippen molar-refractivity contribution >= 4 is 27.5 Å². The Hall–Kier alpha value is -1.27. The van der Waals surface area contributed by atoms with Gasteiger partial charge >= 0.3 is 0 Å². The zero-order valence-electron chi connectivity index (χ0n) is 11.3. The maximum Gasteiger partial charge on any atom is 0.244 e. The first kappa shape index (κ1) is 13.7. The first-order chi connectivity index (χ1) is 9.58. The Morgan fingerprint density at radius 2 is 2.05 bits per heavy atom. The lowest BCUT2D eigenvalue weighted by atomic mass is 9.99. The molecule has 1 amide bonds. The van der Waals surface area contributed by atoms with Gasteiger partial charge < -0.3 is 20.1 Å². The number of anilines is 1. The molecule has 1 unspecified atom stereocenters. The monoisotopic (exact) mass is 340 g/mol. The molecule has 5 nitrogen and oxygen atoms in total. The second-order valence-electron chi connectivity index (χ2n) is 5.29. The molecule has 0 radical (unpaired) electrons. The maximum atomic E-state index is 12.4. The van der Waals surface area contributed by atoms with Gasteiger partial charge in [-0.3, -0.25) is 4.79 Å². The Kier molecular flexibility index (Phi) is 3.60. The molecule has 0 bridgehead atoms. The van der Waals surface area contributed by atoms with E-state index in [1.165, 1.54) is 0 Å². The van der Waals surface area contributed by atoms with Gasteiger partial charge in [0.25, 0.3) is 0 Å². The highest BCUT2D eigenvalue weighted by Gasteiger charge is 2.36. The van der Waals surface area contributed by atoms with E-state index in [0.29, 0.717) is 30.4 Å². The number of amides is 1. The van der Waals surface area contributed by atoms with Crippen LogP contribution in [0.2, 0.25) is 0 Å². The van der Waals surface area contributed by atoms with Gasteiger partial charge in [-0.25, -0.2) is 0 Å². The summed E-state index contributed by atoms with van der Waals surface area (Å²) in [6.45, 7) is 3.89. The van der Waals surface area contributed by atoms with E-state index in [1.807, 2.05) is 13.0 Å². The highest BCUT2D eigenvalue weighted by molar-refractivity contribution is 9.10. The first-order valence-corrected chi connectivity index (χ1v) is 7.53. The van der Waals surface area contributed by atoms with Crippen molar-refractivity contribution in [3.05, 3.63) is 16.6 Å². The molecule has 2 N–H and O–H groups in total. The molecule has 1 aromatic rings. The average molecular weight is 341 g/mol. The van der Waals surface area contributed by atoms with Crippen LogP contribution in [-0.4, -0.2) is 31.2 Å². The normalized spacial score (nSPS) is 24.5. The van der Waals surface area contributed by atoms with Gasteiger partial charge in [0, 0.05) is 16.6 Å². The van der Waals surface area contributed by atoms with Crippen molar-refractivity contribution in [3.63, 3.8) is 0 Å². The number of hydrogen-bond donors (Lipinski definition) is 2. The minimum atomic E-state index is -0.493. The highest BCUT2D eigenvalue weighted by atomic mass is 79.9. The summed E-state index contributed by atoms with van der Waals surface area (Å²) in [5.41, 5.74) is 0.210. The van der Waals surface area contributed by atoms with Crippen LogP contribution in [0.4, 0.5) is 5.69 Å². The zero-order chi connectivity index (χ0) is 14.2. The van der Waals surface area contributed by atoms with Crippen LogP contribution < -0.4 is 20.1 Å². The molecule has 20 heavy (non-hydrogen) atoms. The Bertz CT molecular complexity index is 541. The van der Waals surface area contributed by atoms with Crippen LogP contribution in [-0.2, 0) is 4.79 Å². The van der Waals surface area contributed by atoms with Crippen LogP contribution in [0.25, 0.3) is 0 Å². The summed E-state index contributed by atoms with van der Waals surface area (Å²) in [7, 11) is 0. The molecule has 1 saturated heterocycles. The molecule has 2 aliphatic heterocycles. The van der Waals surface area contributed by atoms with Gasteiger partial charge in [0.15, 0.2) is 11.5 Å². The lowest BCUT2D eigenvalue weighted by Crippen LogP contribution is -2.48. The Balaban J connectivity index is 1.82. The molecule has 0 aromatic heterocycles. The SMILES string of the molecule is CC1(C(=O)Nc2cc3c(cc2Br)OCCO3)CCCN1. The van der Waals surface area contributed by atoms with Crippen LogP contribution >= 0.6 is 15.9 Å². The number of fused-ring (bicyclic) bond motifs is 1. The van der Waals surface area contributed by atoms with Crippen molar-refractivity contribution in [3.8, 4) is 11.5 Å². The molecule has 1 aromatic carbocycles. The first-order valence-electron chi connectivity index (χ1n) is 6.74. The van der Waals surface area contributed by atoms with Crippen molar-refractivity contribution in [2.45, 2.75) is 25.3 Å². The quantitative estimate of drug-likeness (QED) is 0.867. The van der Waals surface area contributed by atoms with Gasteiger partial charge in [-0.15, -0.1) is 0 Å². The van der Waals surface area contributed by atoms with Crippen LogP contribution in [0.15, 0.2) is 16.6 Å². The van der Waals surface area contributed by atoms with Gasteiger partial charge in [-0.1, -0.05) is 0 Å². The number of benzene rings is 1. The number of carbonyl (C=O) groups is 1. The minimum absolute atomic E-state index is 0.0209. The predicted octanol–water partition coefficient (Wildman–Crippen LogP) is 2.30. The third-order valence-electron chi connectivity index (χ3n) is 3.75. The summed E-state index contributed by atoms with van der Waals surface area (Å²) >= 11 is 3.46. The van der Waals surface area contributed by atoms with Gasteiger partial charge in [-0.2, -0.15) is 0 Å². The second kappa shape index (κ2) is 5.26. The molecule has 2 heterocycles. The predicted molar refractivity (Wildman–Crippen MR) is 79.4 cm³/mol. The van der Waals surface area contributed by atoms with E-state index in [-0.39, 0.29) is 5.91 Å². The summed E-state index contributed by atoms with van der Waals surface area (Å²) in [5, 5.41) is 6.21. The Morgan fingerprint density at radius 3 is 2.70 bits per heavy atom. The molecule has 3 rings (SSSR count). The van der Waals surface area contributed by atoms with Gasteiger partial charge in [-0.05, 0) is 42.2 Å². The Morgan fingerprint density at radius 1 is 1.35 bits per heavy atom. The van der Waals surface area contributed by atoms with Crippen molar-refractivity contribution in [2.24, 2.45) is 0 Å². The topological polar surface area (TPSA) is 59.6 Å². The van der Waals surface area contributed by atoms with E-state index in [1.54, 1.807) is 6.07 Å². The van der Waals surface area contributed by atoms with Crippen molar-refractivity contribution in [1.82, 2.24) is 5.32 Å². The summed E-state index contributed by atoms with van der Waals surface area (Å²) in [5.74, 6) is 1.35. The lowest BCUT2D eigenvalue weighted by Gasteiger charge is -2.24. The molecule has 1 fully saturated rings. The van der Waals surface area contributed by atoms with Crippen LogP contribution in [0.1, 0.15) is 19.8 Å². The van der Waals surface area contributed by atoms with Crippen molar-refractivity contribution < 1.29 is 14.3 Å². The zero-order valence-corrected chi connectivity index (χ0v) is 12.9. The molecule has 0 saturated carbocycles.